The summed E-state index contributed by atoms with van der Waals surface area (Å²) in [5.41, 5.74) is 0.435. The molecule has 0 aromatic heterocycles. The molecular formula is C12H18O4. The van der Waals surface area contributed by atoms with Crippen molar-refractivity contribution in [1.82, 2.24) is 0 Å². The first kappa shape index (κ1) is 14.3. The van der Waals surface area contributed by atoms with E-state index >= 15 is 0 Å². The Morgan fingerprint density at radius 3 is 2.00 bits per heavy atom. The standard InChI is InChI=1S/C10H12O4.C2H6/c1-12-8-5-4-7(10(11)14-3)6-9(8)13-2;1-2/h4-6H,1-3H3;1-2H3. The lowest BCUT2D eigenvalue weighted by Gasteiger charge is -2.08. The van der Waals surface area contributed by atoms with Crippen LogP contribution < -0.4 is 9.47 Å². The lowest BCUT2D eigenvalue weighted by Crippen LogP contribution is -2.02. The first-order valence-corrected chi connectivity index (χ1v) is 5.03. The average Bonchev–Trinajstić information content (AvgIpc) is 2.39. The highest BCUT2D eigenvalue weighted by Crippen LogP contribution is 2.27. The van der Waals surface area contributed by atoms with E-state index in [9.17, 15) is 4.79 Å². The lowest BCUT2D eigenvalue weighted by molar-refractivity contribution is 0.0600. The summed E-state index contributed by atoms with van der Waals surface area (Å²) >= 11 is 0. The molecule has 0 spiro atoms. The minimum Gasteiger partial charge on any atom is -0.493 e. The number of carbonyl (C=O) groups is 1. The maximum atomic E-state index is 11.2. The van der Waals surface area contributed by atoms with Crippen molar-refractivity contribution in [3.63, 3.8) is 0 Å². The van der Waals surface area contributed by atoms with Gasteiger partial charge in [-0.1, -0.05) is 13.8 Å². The Morgan fingerprint density at radius 1 is 1.00 bits per heavy atom. The molecule has 0 aliphatic carbocycles. The van der Waals surface area contributed by atoms with Gasteiger partial charge in [-0.3, -0.25) is 0 Å². The van der Waals surface area contributed by atoms with Crippen molar-refractivity contribution < 1.29 is 19.0 Å². The van der Waals surface area contributed by atoms with Gasteiger partial charge in [0.05, 0.1) is 26.9 Å². The van der Waals surface area contributed by atoms with Crippen molar-refractivity contribution in [1.29, 1.82) is 0 Å². The van der Waals surface area contributed by atoms with E-state index in [0.717, 1.165) is 0 Å². The van der Waals surface area contributed by atoms with Gasteiger partial charge in [0, 0.05) is 0 Å². The van der Waals surface area contributed by atoms with E-state index in [1.54, 1.807) is 18.2 Å². The molecule has 0 saturated carbocycles. The zero-order valence-electron chi connectivity index (χ0n) is 10.4. The van der Waals surface area contributed by atoms with Crippen molar-refractivity contribution in [3.8, 4) is 11.5 Å². The van der Waals surface area contributed by atoms with Crippen LogP contribution in [0.4, 0.5) is 0 Å². The highest BCUT2D eigenvalue weighted by Gasteiger charge is 2.09. The summed E-state index contributed by atoms with van der Waals surface area (Å²) < 4.78 is 14.6. The Kier molecular flexibility index (Phi) is 6.76. The average molecular weight is 226 g/mol. The Bertz CT molecular complexity index is 334. The Hall–Kier alpha value is -1.71. The molecule has 1 rings (SSSR count). The van der Waals surface area contributed by atoms with Crippen molar-refractivity contribution in [2.75, 3.05) is 21.3 Å². The minimum absolute atomic E-state index is 0.397. The van der Waals surface area contributed by atoms with Crippen LogP contribution >= 0.6 is 0 Å². The van der Waals surface area contributed by atoms with Crippen molar-refractivity contribution in [3.05, 3.63) is 23.8 Å². The highest BCUT2D eigenvalue weighted by molar-refractivity contribution is 5.90. The molecule has 0 atom stereocenters. The second-order valence-corrected chi connectivity index (χ2v) is 2.56. The number of rotatable bonds is 3. The van der Waals surface area contributed by atoms with Gasteiger partial charge in [0.25, 0.3) is 0 Å². The van der Waals surface area contributed by atoms with Gasteiger partial charge < -0.3 is 14.2 Å². The molecule has 1 aromatic rings. The van der Waals surface area contributed by atoms with Crippen LogP contribution in [-0.4, -0.2) is 27.3 Å². The van der Waals surface area contributed by atoms with Gasteiger partial charge in [-0.15, -0.1) is 0 Å². The van der Waals surface area contributed by atoms with Crippen LogP contribution in [0.2, 0.25) is 0 Å². The third-order valence-corrected chi connectivity index (χ3v) is 1.80. The van der Waals surface area contributed by atoms with E-state index in [2.05, 4.69) is 4.74 Å². The lowest BCUT2D eigenvalue weighted by atomic mass is 10.2. The molecule has 0 saturated heterocycles. The van der Waals surface area contributed by atoms with Crippen molar-refractivity contribution in [2.24, 2.45) is 0 Å². The summed E-state index contributed by atoms with van der Waals surface area (Å²) in [6.07, 6.45) is 0. The van der Waals surface area contributed by atoms with Crippen molar-refractivity contribution >= 4 is 5.97 Å². The van der Waals surface area contributed by atoms with E-state index in [0.29, 0.717) is 17.1 Å². The molecule has 0 amide bonds. The molecule has 0 aliphatic heterocycles. The van der Waals surface area contributed by atoms with Gasteiger partial charge in [0.15, 0.2) is 11.5 Å². The molecule has 0 N–H and O–H groups in total. The van der Waals surface area contributed by atoms with Gasteiger partial charge in [-0.05, 0) is 18.2 Å². The number of hydrogen-bond donors (Lipinski definition) is 0. The molecule has 4 heteroatoms. The molecule has 0 bridgehead atoms. The molecule has 16 heavy (non-hydrogen) atoms. The number of ether oxygens (including phenoxy) is 3. The molecule has 4 nitrogen and oxygen atoms in total. The quantitative estimate of drug-likeness (QED) is 0.743. The van der Waals surface area contributed by atoms with Gasteiger partial charge in [0.2, 0.25) is 0 Å². The second kappa shape index (κ2) is 7.56. The molecule has 0 heterocycles. The number of methoxy groups -OCH3 is 3. The summed E-state index contributed by atoms with van der Waals surface area (Å²) in [6, 6.07) is 4.85. The van der Waals surface area contributed by atoms with Crippen LogP contribution in [0.5, 0.6) is 11.5 Å². The third kappa shape index (κ3) is 3.46. The van der Waals surface area contributed by atoms with Gasteiger partial charge in [-0.2, -0.15) is 0 Å². The van der Waals surface area contributed by atoms with E-state index < -0.39 is 5.97 Å². The normalized spacial score (nSPS) is 8.56. The van der Waals surface area contributed by atoms with Crippen LogP contribution in [0, 0.1) is 0 Å². The summed E-state index contributed by atoms with van der Waals surface area (Å²) in [6.45, 7) is 4.00. The first-order valence-electron chi connectivity index (χ1n) is 5.03. The highest BCUT2D eigenvalue weighted by atomic mass is 16.5. The van der Waals surface area contributed by atoms with Gasteiger partial charge in [-0.25, -0.2) is 4.79 Å². The van der Waals surface area contributed by atoms with Crippen molar-refractivity contribution in [2.45, 2.75) is 13.8 Å². The fraction of sp³-hybridized carbons (Fsp3) is 0.417. The van der Waals surface area contributed by atoms with E-state index in [4.69, 9.17) is 9.47 Å². The molecule has 0 aliphatic rings. The summed E-state index contributed by atoms with van der Waals surface area (Å²) in [4.78, 5) is 11.2. The molecule has 1 aromatic carbocycles. The summed E-state index contributed by atoms with van der Waals surface area (Å²) in [7, 11) is 4.38. The van der Waals surface area contributed by atoms with Crippen LogP contribution in [0.25, 0.3) is 0 Å². The fourth-order valence-electron chi connectivity index (χ4n) is 1.08. The van der Waals surface area contributed by atoms with Crippen LogP contribution in [0.3, 0.4) is 0 Å². The van der Waals surface area contributed by atoms with Gasteiger partial charge in [0.1, 0.15) is 0 Å². The topological polar surface area (TPSA) is 44.8 Å². The maximum absolute atomic E-state index is 11.2. The van der Waals surface area contributed by atoms with Crippen LogP contribution in [-0.2, 0) is 4.74 Å². The predicted octanol–water partition coefficient (Wildman–Crippen LogP) is 2.52. The Morgan fingerprint density at radius 2 is 1.56 bits per heavy atom. The largest absolute Gasteiger partial charge is 0.493 e. The third-order valence-electron chi connectivity index (χ3n) is 1.80. The van der Waals surface area contributed by atoms with Gasteiger partial charge >= 0.3 is 5.97 Å². The minimum atomic E-state index is -0.397. The fourth-order valence-corrected chi connectivity index (χ4v) is 1.08. The Labute approximate surface area is 96.1 Å². The number of benzene rings is 1. The molecule has 0 radical (unpaired) electrons. The second-order valence-electron chi connectivity index (χ2n) is 2.56. The summed E-state index contributed by atoms with van der Waals surface area (Å²) in [5.74, 6) is 0.696. The zero-order valence-corrected chi connectivity index (χ0v) is 10.4. The molecule has 90 valence electrons. The first-order chi connectivity index (χ1) is 7.72. The number of hydrogen-bond acceptors (Lipinski definition) is 4. The molecular weight excluding hydrogens is 208 g/mol. The SMILES string of the molecule is CC.COC(=O)c1ccc(OC)c(OC)c1. The van der Waals surface area contributed by atoms with Crippen LogP contribution in [0.1, 0.15) is 24.2 Å². The number of carbonyl (C=O) groups excluding carboxylic acids is 1. The molecule has 0 unspecified atom stereocenters. The van der Waals surface area contributed by atoms with E-state index in [-0.39, 0.29) is 0 Å². The Balaban J connectivity index is 0.00000106. The van der Waals surface area contributed by atoms with Crippen LogP contribution in [0.15, 0.2) is 18.2 Å². The number of esters is 1. The molecule has 0 fully saturated rings. The smallest absolute Gasteiger partial charge is 0.337 e. The monoisotopic (exact) mass is 226 g/mol. The predicted molar refractivity (Wildman–Crippen MR) is 62.2 cm³/mol. The zero-order chi connectivity index (χ0) is 12.6. The van der Waals surface area contributed by atoms with E-state index in [1.165, 1.54) is 21.3 Å². The summed E-state index contributed by atoms with van der Waals surface area (Å²) in [5, 5.41) is 0. The van der Waals surface area contributed by atoms with E-state index in [1.807, 2.05) is 13.8 Å². The maximum Gasteiger partial charge on any atom is 0.337 e.